The molecule has 1 aromatic rings. The van der Waals surface area contributed by atoms with E-state index in [1.807, 2.05) is 0 Å². The van der Waals surface area contributed by atoms with Crippen LogP contribution in [0.2, 0.25) is 0 Å². The lowest BCUT2D eigenvalue weighted by Crippen LogP contribution is -2.35. The first-order chi connectivity index (χ1) is 7.40. The Bertz CT molecular complexity index is 324. The second kappa shape index (κ2) is 5.54. The average Bonchev–Trinajstić information content (AvgIpc) is 2.48. The SMILES string of the molecule is Cn1cc(CN(CCCl)CC(F)(F)F)cn1. The zero-order valence-electron chi connectivity index (χ0n) is 8.84. The van der Waals surface area contributed by atoms with Crippen LogP contribution in [0.3, 0.4) is 0 Å². The summed E-state index contributed by atoms with van der Waals surface area (Å²) in [5, 5.41) is 3.90. The van der Waals surface area contributed by atoms with Gasteiger partial charge in [0, 0.05) is 37.8 Å². The van der Waals surface area contributed by atoms with E-state index in [-0.39, 0.29) is 19.0 Å². The van der Waals surface area contributed by atoms with E-state index in [1.54, 1.807) is 24.1 Å². The molecule has 0 fully saturated rings. The number of nitrogens with zero attached hydrogens (tertiary/aromatic N) is 3. The van der Waals surface area contributed by atoms with Gasteiger partial charge < -0.3 is 0 Å². The van der Waals surface area contributed by atoms with E-state index >= 15 is 0 Å². The molecular formula is C9H13ClF3N3. The van der Waals surface area contributed by atoms with E-state index in [0.717, 1.165) is 5.56 Å². The molecule has 0 aliphatic rings. The lowest BCUT2D eigenvalue weighted by molar-refractivity contribution is -0.146. The molecule has 0 saturated heterocycles. The minimum absolute atomic E-state index is 0.177. The van der Waals surface area contributed by atoms with Gasteiger partial charge in [0.1, 0.15) is 0 Å². The molecule has 0 N–H and O–H groups in total. The number of halogens is 4. The summed E-state index contributed by atoms with van der Waals surface area (Å²) in [5.74, 6) is 0.177. The molecule has 0 spiro atoms. The molecule has 0 aromatic carbocycles. The first-order valence-electron chi connectivity index (χ1n) is 4.73. The smallest absolute Gasteiger partial charge is 0.289 e. The number of hydrogen-bond donors (Lipinski definition) is 0. The maximum absolute atomic E-state index is 12.2. The lowest BCUT2D eigenvalue weighted by Gasteiger charge is -2.21. The Morgan fingerprint density at radius 2 is 2.19 bits per heavy atom. The second-order valence-electron chi connectivity index (χ2n) is 3.54. The highest BCUT2D eigenvalue weighted by Crippen LogP contribution is 2.17. The molecular weight excluding hydrogens is 243 g/mol. The fraction of sp³-hybridized carbons (Fsp3) is 0.667. The van der Waals surface area contributed by atoms with E-state index < -0.39 is 12.7 Å². The van der Waals surface area contributed by atoms with Gasteiger partial charge in [-0.3, -0.25) is 9.58 Å². The van der Waals surface area contributed by atoms with Crippen molar-refractivity contribution >= 4 is 11.6 Å². The van der Waals surface area contributed by atoms with Crippen molar-refractivity contribution in [2.45, 2.75) is 12.7 Å². The Labute approximate surface area is 96.8 Å². The van der Waals surface area contributed by atoms with Crippen LogP contribution in [-0.4, -0.2) is 39.8 Å². The summed E-state index contributed by atoms with van der Waals surface area (Å²) in [6.07, 6.45) is -0.955. The van der Waals surface area contributed by atoms with Gasteiger partial charge in [-0.1, -0.05) is 0 Å². The van der Waals surface area contributed by atoms with Crippen molar-refractivity contribution in [3.8, 4) is 0 Å². The predicted molar refractivity (Wildman–Crippen MR) is 55.3 cm³/mol. The summed E-state index contributed by atoms with van der Waals surface area (Å²) in [7, 11) is 1.72. The molecule has 0 radical (unpaired) electrons. The van der Waals surface area contributed by atoms with Crippen LogP contribution in [0.15, 0.2) is 12.4 Å². The molecule has 0 saturated carbocycles. The summed E-state index contributed by atoms with van der Waals surface area (Å²) in [4.78, 5) is 1.25. The standard InChI is InChI=1S/C9H13ClF3N3/c1-15-5-8(4-14-15)6-16(3-2-10)7-9(11,12)13/h4-5H,2-3,6-7H2,1H3. The van der Waals surface area contributed by atoms with Crippen LogP contribution in [0.1, 0.15) is 5.56 Å². The van der Waals surface area contributed by atoms with Crippen LogP contribution in [0.4, 0.5) is 13.2 Å². The van der Waals surface area contributed by atoms with Gasteiger partial charge in [0.05, 0.1) is 12.7 Å². The Balaban J connectivity index is 2.57. The fourth-order valence-corrected chi connectivity index (χ4v) is 1.64. The second-order valence-corrected chi connectivity index (χ2v) is 3.92. The summed E-state index contributed by atoms with van der Waals surface area (Å²) < 4.78 is 38.3. The third kappa shape index (κ3) is 4.85. The van der Waals surface area contributed by atoms with Crippen molar-refractivity contribution in [1.82, 2.24) is 14.7 Å². The highest BCUT2D eigenvalue weighted by molar-refractivity contribution is 6.18. The van der Waals surface area contributed by atoms with E-state index in [0.29, 0.717) is 0 Å². The van der Waals surface area contributed by atoms with Crippen molar-refractivity contribution in [2.75, 3.05) is 19.0 Å². The van der Waals surface area contributed by atoms with Crippen molar-refractivity contribution < 1.29 is 13.2 Å². The van der Waals surface area contributed by atoms with Crippen LogP contribution < -0.4 is 0 Å². The van der Waals surface area contributed by atoms with Crippen LogP contribution in [0.5, 0.6) is 0 Å². The van der Waals surface area contributed by atoms with Crippen LogP contribution in [-0.2, 0) is 13.6 Å². The minimum atomic E-state index is -4.20. The molecule has 1 heterocycles. The van der Waals surface area contributed by atoms with Crippen molar-refractivity contribution in [2.24, 2.45) is 7.05 Å². The van der Waals surface area contributed by atoms with E-state index in [4.69, 9.17) is 11.6 Å². The van der Waals surface area contributed by atoms with Crippen LogP contribution in [0, 0.1) is 0 Å². The van der Waals surface area contributed by atoms with Crippen LogP contribution >= 0.6 is 11.6 Å². The highest BCUT2D eigenvalue weighted by Gasteiger charge is 2.30. The first-order valence-corrected chi connectivity index (χ1v) is 5.27. The molecule has 92 valence electrons. The lowest BCUT2D eigenvalue weighted by atomic mass is 10.3. The summed E-state index contributed by atoms with van der Waals surface area (Å²) in [6.45, 7) is -0.537. The summed E-state index contributed by atoms with van der Waals surface area (Å²) >= 11 is 5.47. The van der Waals surface area contributed by atoms with Crippen molar-refractivity contribution in [3.63, 3.8) is 0 Å². The van der Waals surface area contributed by atoms with Crippen molar-refractivity contribution in [1.29, 1.82) is 0 Å². The quantitative estimate of drug-likeness (QED) is 0.751. The van der Waals surface area contributed by atoms with Gasteiger partial charge in [-0.25, -0.2) is 0 Å². The van der Waals surface area contributed by atoms with Gasteiger partial charge in [0.15, 0.2) is 0 Å². The number of aryl methyl sites for hydroxylation is 1. The maximum atomic E-state index is 12.2. The van der Waals surface area contributed by atoms with Crippen LogP contribution in [0.25, 0.3) is 0 Å². The monoisotopic (exact) mass is 255 g/mol. The average molecular weight is 256 g/mol. The van der Waals surface area contributed by atoms with Gasteiger partial charge in [-0.05, 0) is 0 Å². The molecule has 1 rings (SSSR count). The number of aromatic nitrogens is 2. The minimum Gasteiger partial charge on any atom is -0.289 e. The molecule has 0 bridgehead atoms. The van der Waals surface area contributed by atoms with E-state index in [2.05, 4.69) is 5.10 Å². The molecule has 0 atom stereocenters. The normalized spacial score (nSPS) is 12.4. The van der Waals surface area contributed by atoms with Gasteiger partial charge in [0.2, 0.25) is 0 Å². The fourth-order valence-electron chi connectivity index (χ4n) is 1.40. The molecule has 0 unspecified atom stereocenters. The third-order valence-electron chi connectivity index (χ3n) is 1.97. The Hall–Kier alpha value is -0.750. The summed E-state index contributed by atoms with van der Waals surface area (Å²) in [6, 6.07) is 0. The maximum Gasteiger partial charge on any atom is 0.401 e. The Morgan fingerprint density at radius 1 is 1.50 bits per heavy atom. The summed E-state index contributed by atoms with van der Waals surface area (Å²) in [5.41, 5.74) is 0.747. The molecule has 3 nitrogen and oxygen atoms in total. The van der Waals surface area contributed by atoms with Gasteiger partial charge in [0.25, 0.3) is 0 Å². The zero-order chi connectivity index (χ0) is 12.2. The molecule has 16 heavy (non-hydrogen) atoms. The van der Waals surface area contributed by atoms with E-state index in [9.17, 15) is 13.2 Å². The third-order valence-corrected chi connectivity index (χ3v) is 2.14. The predicted octanol–water partition coefficient (Wildman–Crippen LogP) is 2.02. The molecule has 0 aliphatic carbocycles. The Kier molecular flexibility index (Phi) is 4.61. The molecule has 0 amide bonds. The highest BCUT2D eigenvalue weighted by atomic mass is 35.5. The number of rotatable bonds is 5. The molecule has 7 heteroatoms. The Morgan fingerprint density at radius 3 is 2.62 bits per heavy atom. The number of hydrogen-bond acceptors (Lipinski definition) is 2. The van der Waals surface area contributed by atoms with E-state index in [1.165, 1.54) is 4.90 Å². The topological polar surface area (TPSA) is 21.1 Å². The first kappa shape index (κ1) is 13.3. The largest absolute Gasteiger partial charge is 0.401 e. The van der Waals surface area contributed by atoms with Crippen molar-refractivity contribution in [3.05, 3.63) is 18.0 Å². The van der Waals surface area contributed by atoms with Gasteiger partial charge in [-0.2, -0.15) is 18.3 Å². The van der Waals surface area contributed by atoms with Gasteiger partial charge in [-0.15, -0.1) is 11.6 Å². The molecule has 0 aliphatic heterocycles. The molecule has 1 aromatic heterocycles. The zero-order valence-corrected chi connectivity index (χ0v) is 9.59. The van der Waals surface area contributed by atoms with Gasteiger partial charge >= 0.3 is 6.18 Å². The number of alkyl halides is 4.